The molecule has 0 aromatic heterocycles. The molecule has 0 fully saturated rings. The summed E-state index contributed by atoms with van der Waals surface area (Å²) in [6.45, 7) is 10.9. The molecule has 1 nitrogen and oxygen atoms in total. The summed E-state index contributed by atoms with van der Waals surface area (Å²) in [5.41, 5.74) is 1.16. The van der Waals surface area contributed by atoms with E-state index in [2.05, 4.69) is 88.0 Å². The van der Waals surface area contributed by atoms with Gasteiger partial charge in [-0.25, -0.2) is 0 Å². The van der Waals surface area contributed by atoms with Gasteiger partial charge in [0, 0.05) is 12.1 Å². The quantitative estimate of drug-likeness (QED) is 0.603. The molecule has 0 aliphatic heterocycles. The van der Waals surface area contributed by atoms with E-state index in [9.17, 15) is 0 Å². The van der Waals surface area contributed by atoms with Crippen LogP contribution in [-0.2, 0) is 4.43 Å². The van der Waals surface area contributed by atoms with Gasteiger partial charge in [0.15, 0.2) is 0 Å². The second kappa shape index (κ2) is 6.00. The van der Waals surface area contributed by atoms with Crippen molar-refractivity contribution in [2.24, 2.45) is 0 Å². The fraction of sp³-hybridized carbons (Fsp3) is 0.263. The van der Waals surface area contributed by atoms with Crippen molar-refractivity contribution in [3.05, 3.63) is 72.8 Å². The number of benzene rings is 2. The molecular formula is C19H24OSi. The lowest BCUT2D eigenvalue weighted by molar-refractivity contribution is 0.391. The molecule has 0 unspecified atom stereocenters. The van der Waals surface area contributed by atoms with E-state index in [4.69, 9.17) is 4.43 Å². The largest absolute Gasteiger partial charge is 0.410 e. The van der Waals surface area contributed by atoms with E-state index < -0.39 is 8.32 Å². The van der Waals surface area contributed by atoms with Crippen molar-refractivity contribution in [1.29, 1.82) is 0 Å². The fourth-order valence-corrected chi connectivity index (χ4v) is 7.71. The lowest BCUT2D eigenvalue weighted by Gasteiger charge is -2.44. The third kappa shape index (κ3) is 2.50. The molecule has 21 heavy (non-hydrogen) atoms. The highest BCUT2D eigenvalue weighted by Gasteiger charge is 2.52. The molecule has 0 aliphatic carbocycles. The monoisotopic (exact) mass is 296 g/mol. The SMILES string of the molecule is C=C(C)C(C)(C)[Si](OC)(c1ccccc1)c1ccccc1. The Labute approximate surface area is 129 Å². The highest BCUT2D eigenvalue weighted by molar-refractivity contribution is 7.00. The summed E-state index contributed by atoms with van der Waals surface area (Å²) in [5.74, 6) is 0. The van der Waals surface area contributed by atoms with Crippen LogP contribution in [0.3, 0.4) is 0 Å². The molecular weight excluding hydrogens is 272 g/mol. The first-order valence-electron chi connectivity index (χ1n) is 7.29. The molecule has 0 N–H and O–H groups in total. The van der Waals surface area contributed by atoms with Crippen LogP contribution in [0, 0.1) is 0 Å². The van der Waals surface area contributed by atoms with Gasteiger partial charge in [0.25, 0.3) is 8.32 Å². The zero-order valence-corrected chi connectivity index (χ0v) is 14.4. The minimum atomic E-state index is -2.41. The van der Waals surface area contributed by atoms with Crippen LogP contribution in [-0.4, -0.2) is 15.4 Å². The van der Waals surface area contributed by atoms with Crippen molar-refractivity contribution in [2.75, 3.05) is 7.11 Å². The molecule has 2 rings (SSSR count). The second-order valence-electron chi connectivity index (χ2n) is 6.02. The Kier molecular flexibility index (Phi) is 4.50. The van der Waals surface area contributed by atoms with Gasteiger partial charge in [0.05, 0.1) is 0 Å². The summed E-state index contributed by atoms with van der Waals surface area (Å²) >= 11 is 0. The highest BCUT2D eigenvalue weighted by atomic mass is 28.4. The Hall–Kier alpha value is -1.64. The third-order valence-electron chi connectivity index (χ3n) is 4.61. The van der Waals surface area contributed by atoms with E-state index in [1.807, 2.05) is 7.11 Å². The molecule has 2 aromatic carbocycles. The molecule has 0 spiro atoms. The molecule has 0 amide bonds. The zero-order valence-electron chi connectivity index (χ0n) is 13.4. The van der Waals surface area contributed by atoms with Crippen molar-refractivity contribution < 1.29 is 4.43 Å². The van der Waals surface area contributed by atoms with Gasteiger partial charge in [0.2, 0.25) is 0 Å². The molecule has 0 heterocycles. The van der Waals surface area contributed by atoms with Gasteiger partial charge < -0.3 is 4.43 Å². The minimum absolute atomic E-state index is 0.107. The van der Waals surface area contributed by atoms with Gasteiger partial charge >= 0.3 is 0 Å². The summed E-state index contributed by atoms with van der Waals surface area (Å²) in [6, 6.07) is 21.2. The predicted molar refractivity (Wildman–Crippen MR) is 93.8 cm³/mol. The lowest BCUT2D eigenvalue weighted by Crippen LogP contribution is -2.66. The molecule has 2 aromatic rings. The average molecular weight is 296 g/mol. The van der Waals surface area contributed by atoms with Gasteiger partial charge in [-0.2, -0.15) is 0 Å². The van der Waals surface area contributed by atoms with Crippen LogP contribution in [0.15, 0.2) is 72.8 Å². The fourth-order valence-electron chi connectivity index (χ4n) is 3.03. The Bertz CT molecular complexity index is 562. The van der Waals surface area contributed by atoms with Gasteiger partial charge in [-0.3, -0.25) is 0 Å². The van der Waals surface area contributed by atoms with Crippen molar-refractivity contribution >= 4 is 18.7 Å². The number of allylic oxidation sites excluding steroid dienone is 1. The van der Waals surface area contributed by atoms with Gasteiger partial charge in [-0.05, 0) is 17.3 Å². The van der Waals surface area contributed by atoms with Gasteiger partial charge in [-0.15, -0.1) is 0 Å². The van der Waals surface area contributed by atoms with Crippen LogP contribution in [0.1, 0.15) is 20.8 Å². The first-order chi connectivity index (χ1) is 9.96. The normalized spacial score (nSPS) is 12.2. The van der Waals surface area contributed by atoms with Crippen molar-refractivity contribution in [2.45, 2.75) is 25.8 Å². The Balaban J connectivity index is 2.78. The van der Waals surface area contributed by atoms with Gasteiger partial charge in [0.1, 0.15) is 0 Å². The standard InChI is InChI=1S/C19H24OSi/c1-16(2)19(3,4)21(20-5,17-12-8-6-9-13-17)18-14-10-7-11-15-18/h6-15H,1H2,2-5H3. The summed E-state index contributed by atoms with van der Waals surface area (Å²) in [7, 11) is -0.568. The highest BCUT2D eigenvalue weighted by Crippen LogP contribution is 2.43. The smallest absolute Gasteiger partial charge is 0.264 e. The van der Waals surface area contributed by atoms with E-state index >= 15 is 0 Å². The summed E-state index contributed by atoms with van der Waals surface area (Å²) in [6.07, 6.45) is 0. The van der Waals surface area contributed by atoms with E-state index in [1.165, 1.54) is 10.4 Å². The molecule has 0 radical (unpaired) electrons. The summed E-state index contributed by atoms with van der Waals surface area (Å²) < 4.78 is 6.31. The van der Waals surface area contributed by atoms with Crippen molar-refractivity contribution in [3.63, 3.8) is 0 Å². The Morgan fingerprint density at radius 1 is 0.905 bits per heavy atom. The van der Waals surface area contributed by atoms with E-state index in [1.54, 1.807) is 0 Å². The van der Waals surface area contributed by atoms with Crippen LogP contribution in [0.2, 0.25) is 5.04 Å². The average Bonchev–Trinajstić information content (AvgIpc) is 2.50. The predicted octanol–water partition coefficient (Wildman–Crippen LogP) is 3.75. The second-order valence-corrected chi connectivity index (χ2v) is 10.2. The summed E-state index contributed by atoms with van der Waals surface area (Å²) in [4.78, 5) is 0. The topological polar surface area (TPSA) is 9.23 Å². The minimum Gasteiger partial charge on any atom is -0.410 e. The maximum absolute atomic E-state index is 6.31. The molecule has 0 aliphatic rings. The first-order valence-corrected chi connectivity index (χ1v) is 9.20. The third-order valence-corrected chi connectivity index (χ3v) is 9.71. The molecule has 0 atom stereocenters. The number of rotatable bonds is 5. The van der Waals surface area contributed by atoms with Crippen LogP contribution in [0.25, 0.3) is 0 Å². The molecule has 2 heteroatoms. The number of hydrogen-bond acceptors (Lipinski definition) is 1. The van der Waals surface area contributed by atoms with E-state index in [0.29, 0.717) is 0 Å². The lowest BCUT2D eigenvalue weighted by atomic mass is 10.1. The molecule has 110 valence electrons. The van der Waals surface area contributed by atoms with E-state index in [0.717, 1.165) is 5.57 Å². The zero-order chi connectivity index (χ0) is 15.5. The van der Waals surface area contributed by atoms with Crippen LogP contribution in [0.4, 0.5) is 0 Å². The Morgan fingerprint density at radius 3 is 1.57 bits per heavy atom. The van der Waals surface area contributed by atoms with Crippen LogP contribution in [0.5, 0.6) is 0 Å². The summed E-state index contributed by atoms with van der Waals surface area (Å²) in [5, 5.41) is 2.46. The molecule has 0 saturated carbocycles. The Morgan fingerprint density at radius 2 is 1.29 bits per heavy atom. The molecule has 0 saturated heterocycles. The maximum atomic E-state index is 6.31. The van der Waals surface area contributed by atoms with E-state index in [-0.39, 0.29) is 5.04 Å². The van der Waals surface area contributed by atoms with Crippen molar-refractivity contribution in [1.82, 2.24) is 0 Å². The van der Waals surface area contributed by atoms with Crippen LogP contribution >= 0.6 is 0 Å². The first kappa shape index (κ1) is 15.7. The maximum Gasteiger partial charge on any atom is 0.264 e. The number of hydrogen-bond donors (Lipinski definition) is 0. The van der Waals surface area contributed by atoms with Crippen molar-refractivity contribution in [3.8, 4) is 0 Å². The van der Waals surface area contributed by atoms with Crippen LogP contribution < -0.4 is 10.4 Å². The molecule has 0 bridgehead atoms. The van der Waals surface area contributed by atoms with Gasteiger partial charge in [-0.1, -0.05) is 86.7 Å².